The van der Waals surface area contributed by atoms with Crippen molar-refractivity contribution in [1.82, 2.24) is 19.7 Å². The van der Waals surface area contributed by atoms with Gasteiger partial charge in [0.05, 0.1) is 28.6 Å². The summed E-state index contributed by atoms with van der Waals surface area (Å²) < 4.78 is 2.90. The van der Waals surface area contributed by atoms with Gasteiger partial charge in [-0.15, -0.1) is 11.3 Å². The first kappa shape index (κ1) is 11.9. The Labute approximate surface area is 114 Å². The fourth-order valence-corrected chi connectivity index (χ4v) is 2.85. The molecule has 98 valence electrons. The average Bonchev–Trinajstić information content (AvgIpc) is 2.98. The summed E-state index contributed by atoms with van der Waals surface area (Å²) in [6, 6.07) is 0. The number of hydrogen-bond acceptors (Lipinski definition) is 6. The van der Waals surface area contributed by atoms with Gasteiger partial charge in [0.25, 0.3) is 0 Å². The van der Waals surface area contributed by atoms with Crippen molar-refractivity contribution in [3.8, 4) is 0 Å². The Morgan fingerprint density at radius 2 is 2.32 bits per heavy atom. The number of nitrogens with two attached hydrogens (primary N) is 1. The lowest BCUT2D eigenvalue weighted by Crippen LogP contribution is -2.11. The molecule has 0 bridgehead atoms. The molecule has 0 radical (unpaired) electrons. The molecule has 3 N–H and O–H groups in total. The van der Waals surface area contributed by atoms with Crippen molar-refractivity contribution in [3.63, 3.8) is 0 Å². The van der Waals surface area contributed by atoms with Crippen LogP contribution in [-0.4, -0.2) is 26.3 Å². The molecule has 3 heterocycles. The van der Waals surface area contributed by atoms with Crippen LogP contribution in [0.3, 0.4) is 0 Å². The van der Waals surface area contributed by atoms with E-state index in [0.717, 1.165) is 29.1 Å². The van der Waals surface area contributed by atoms with E-state index in [0.29, 0.717) is 5.69 Å². The van der Waals surface area contributed by atoms with E-state index in [9.17, 15) is 0 Å². The predicted molar refractivity (Wildman–Crippen MR) is 77.3 cm³/mol. The van der Waals surface area contributed by atoms with E-state index in [-0.39, 0.29) is 0 Å². The lowest BCUT2D eigenvalue weighted by Gasteiger charge is -2.06. The van der Waals surface area contributed by atoms with Crippen LogP contribution in [-0.2, 0) is 6.54 Å². The van der Waals surface area contributed by atoms with E-state index in [2.05, 4.69) is 32.7 Å². The Kier molecular flexibility index (Phi) is 3.04. The quantitative estimate of drug-likeness (QED) is 0.759. The molecular weight excluding hydrogens is 260 g/mol. The summed E-state index contributed by atoms with van der Waals surface area (Å²) in [6.45, 7) is 3.54. The highest BCUT2D eigenvalue weighted by molar-refractivity contribution is 7.18. The van der Waals surface area contributed by atoms with Crippen LogP contribution in [0.4, 0.5) is 11.5 Å². The predicted octanol–water partition coefficient (Wildman–Crippen LogP) is 1.89. The van der Waals surface area contributed by atoms with Crippen molar-refractivity contribution >= 4 is 33.1 Å². The second-order valence-electron chi connectivity index (χ2n) is 4.28. The molecule has 0 amide bonds. The average molecular weight is 274 g/mol. The molecule has 0 saturated carbocycles. The standard InChI is InChI=1S/C12H14N6S/c1-8-6-19-11-10(8)15-7-16-12(11)14-2-3-18-5-9(13)4-17-18/h4-7H,2-3,13H2,1H3,(H,14,15,16). The van der Waals surface area contributed by atoms with E-state index in [1.54, 1.807) is 28.5 Å². The second kappa shape index (κ2) is 4.85. The molecule has 0 aliphatic heterocycles. The molecular formula is C12H14N6S. The van der Waals surface area contributed by atoms with E-state index in [4.69, 9.17) is 5.73 Å². The molecule has 0 spiro atoms. The second-order valence-corrected chi connectivity index (χ2v) is 5.16. The van der Waals surface area contributed by atoms with Gasteiger partial charge in [0.15, 0.2) is 0 Å². The van der Waals surface area contributed by atoms with Gasteiger partial charge < -0.3 is 11.1 Å². The van der Waals surface area contributed by atoms with Crippen molar-refractivity contribution in [2.75, 3.05) is 17.6 Å². The summed E-state index contributed by atoms with van der Waals surface area (Å²) >= 11 is 1.66. The fourth-order valence-electron chi connectivity index (χ4n) is 1.89. The molecule has 0 unspecified atom stereocenters. The zero-order chi connectivity index (χ0) is 13.2. The van der Waals surface area contributed by atoms with Crippen molar-refractivity contribution in [3.05, 3.63) is 29.7 Å². The molecule has 3 aromatic heterocycles. The van der Waals surface area contributed by atoms with Crippen LogP contribution in [0.5, 0.6) is 0 Å². The number of nitrogen functional groups attached to an aromatic ring is 1. The van der Waals surface area contributed by atoms with Gasteiger partial charge in [0.1, 0.15) is 12.1 Å². The summed E-state index contributed by atoms with van der Waals surface area (Å²) in [5.41, 5.74) is 8.50. The fraction of sp³-hybridized carbons (Fsp3) is 0.250. The van der Waals surface area contributed by atoms with Gasteiger partial charge in [-0.3, -0.25) is 4.68 Å². The molecule has 0 fully saturated rings. The minimum absolute atomic E-state index is 0.679. The summed E-state index contributed by atoms with van der Waals surface area (Å²) in [5.74, 6) is 0.878. The van der Waals surface area contributed by atoms with E-state index in [1.165, 1.54) is 5.56 Å². The number of thiophene rings is 1. The van der Waals surface area contributed by atoms with E-state index < -0.39 is 0 Å². The minimum Gasteiger partial charge on any atom is -0.396 e. The summed E-state index contributed by atoms with van der Waals surface area (Å²) in [6.07, 6.45) is 5.05. The van der Waals surface area contributed by atoms with Crippen LogP contribution < -0.4 is 11.1 Å². The van der Waals surface area contributed by atoms with E-state index in [1.807, 2.05) is 6.20 Å². The van der Waals surface area contributed by atoms with Gasteiger partial charge in [-0.1, -0.05) is 0 Å². The minimum atomic E-state index is 0.679. The zero-order valence-corrected chi connectivity index (χ0v) is 11.3. The Morgan fingerprint density at radius 1 is 1.42 bits per heavy atom. The van der Waals surface area contributed by atoms with E-state index >= 15 is 0 Å². The SMILES string of the molecule is Cc1csc2c(NCCn3cc(N)cn3)ncnc12. The molecule has 0 saturated heterocycles. The Bertz CT molecular complexity index is 701. The number of rotatable bonds is 4. The van der Waals surface area contributed by atoms with Gasteiger partial charge in [-0.25, -0.2) is 9.97 Å². The molecule has 7 heteroatoms. The maximum Gasteiger partial charge on any atom is 0.147 e. The third-order valence-electron chi connectivity index (χ3n) is 2.82. The first-order valence-electron chi connectivity index (χ1n) is 5.94. The molecule has 3 rings (SSSR count). The molecule has 6 nitrogen and oxygen atoms in total. The van der Waals surface area contributed by atoms with Crippen LogP contribution in [0.15, 0.2) is 24.1 Å². The van der Waals surface area contributed by atoms with Crippen molar-refractivity contribution in [2.24, 2.45) is 0 Å². The summed E-state index contributed by atoms with van der Waals surface area (Å²) in [5, 5.41) is 9.55. The first-order valence-corrected chi connectivity index (χ1v) is 6.82. The van der Waals surface area contributed by atoms with Crippen molar-refractivity contribution in [1.29, 1.82) is 0 Å². The Morgan fingerprint density at radius 3 is 3.11 bits per heavy atom. The highest BCUT2D eigenvalue weighted by atomic mass is 32.1. The number of aromatic nitrogens is 4. The van der Waals surface area contributed by atoms with Gasteiger partial charge in [-0.2, -0.15) is 5.10 Å². The number of nitrogens with zero attached hydrogens (tertiary/aromatic N) is 4. The molecule has 0 aliphatic carbocycles. The largest absolute Gasteiger partial charge is 0.396 e. The lowest BCUT2D eigenvalue weighted by molar-refractivity contribution is 0.637. The van der Waals surface area contributed by atoms with Gasteiger partial charge >= 0.3 is 0 Å². The zero-order valence-electron chi connectivity index (χ0n) is 10.5. The van der Waals surface area contributed by atoms with Crippen LogP contribution >= 0.6 is 11.3 Å². The monoisotopic (exact) mass is 274 g/mol. The lowest BCUT2D eigenvalue weighted by atomic mass is 10.3. The van der Waals surface area contributed by atoms with Crippen LogP contribution in [0.1, 0.15) is 5.56 Å². The molecule has 0 atom stereocenters. The van der Waals surface area contributed by atoms with Crippen molar-refractivity contribution in [2.45, 2.75) is 13.5 Å². The summed E-state index contributed by atoms with van der Waals surface area (Å²) in [4.78, 5) is 8.59. The topological polar surface area (TPSA) is 81.7 Å². The third-order valence-corrected chi connectivity index (χ3v) is 3.91. The van der Waals surface area contributed by atoms with Crippen LogP contribution in [0.25, 0.3) is 10.2 Å². The smallest absolute Gasteiger partial charge is 0.147 e. The van der Waals surface area contributed by atoms with Gasteiger partial charge in [0.2, 0.25) is 0 Å². The first-order chi connectivity index (χ1) is 9.24. The number of aryl methyl sites for hydroxylation is 1. The number of fused-ring (bicyclic) bond motifs is 1. The van der Waals surface area contributed by atoms with Crippen LogP contribution in [0, 0.1) is 6.92 Å². The van der Waals surface area contributed by atoms with Crippen LogP contribution in [0.2, 0.25) is 0 Å². The number of hydrogen-bond donors (Lipinski definition) is 2. The number of nitrogens with one attached hydrogen (secondary N) is 1. The third kappa shape index (κ3) is 2.37. The van der Waals surface area contributed by atoms with Gasteiger partial charge in [-0.05, 0) is 17.9 Å². The van der Waals surface area contributed by atoms with Crippen molar-refractivity contribution < 1.29 is 0 Å². The molecule has 3 aromatic rings. The maximum absolute atomic E-state index is 5.62. The summed E-state index contributed by atoms with van der Waals surface area (Å²) in [7, 11) is 0. The Balaban J connectivity index is 1.71. The van der Waals surface area contributed by atoms with Gasteiger partial charge in [0, 0.05) is 12.7 Å². The molecule has 0 aliphatic rings. The maximum atomic E-state index is 5.62. The normalized spacial score (nSPS) is 11.0. The Hall–Kier alpha value is -2.15. The molecule has 19 heavy (non-hydrogen) atoms. The molecule has 0 aromatic carbocycles. The highest BCUT2D eigenvalue weighted by Gasteiger charge is 2.07. The number of anilines is 2. The highest BCUT2D eigenvalue weighted by Crippen LogP contribution is 2.28.